The van der Waals surface area contributed by atoms with Crippen molar-refractivity contribution in [3.63, 3.8) is 0 Å². The molecule has 7 nitrogen and oxygen atoms in total. The molecule has 2 fully saturated rings. The Labute approximate surface area is 171 Å². The first-order valence-electron chi connectivity index (χ1n) is 10.6. The third kappa shape index (κ3) is 4.54. The van der Waals surface area contributed by atoms with Crippen LogP contribution in [-0.4, -0.2) is 55.4 Å². The van der Waals surface area contributed by atoms with E-state index in [2.05, 4.69) is 10.6 Å². The first-order chi connectivity index (χ1) is 14.0. The van der Waals surface area contributed by atoms with Gasteiger partial charge in [0.1, 0.15) is 12.4 Å². The Hall–Kier alpha value is -2.57. The highest BCUT2D eigenvalue weighted by molar-refractivity contribution is 5.97. The number of nitrogens with zero attached hydrogens (tertiary/aromatic N) is 1. The van der Waals surface area contributed by atoms with Gasteiger partial charge < -0.3 is 20.3 Å². The summed E-state index contributed by atoms with van der Waals surface area (Å²) < 4.78 is 5.73. The van der Waals surface area contributed by atoms with Crippen molar-refractivity contribution in [1.29, 1.82) is 0 Å². The van der Waals surface area contributed by atoms with E-state index in [1.165, 1.54) is 0 Å². The lowest BCUT2D eigenvalue weighted by Crippen LogP contribution is -2.40. The van der Waals surface area contributed by atoms with Crippen LogP contribution >= 0.6 is 0 Å². The lowest BCUT2D eigenvalue weighted by atomic mass is 10.1. The summed E-state index contributed by atoms with van der Waals surface area (Å²) in [6.07, 6.45) is 4.31. The van der Waals surface area contributed by atoms with Crippen molar-refractivity contribution >= 4 is 17.7 Å². The quantitative estimate of drug-likeness (QED) is 0.752. The maximum absolute atomic E-state index is 12.9. The van der Waals surface area contributed by atoms with Crippen molar-refractivity contribution in [3.8, 4) is 5.75 Å². The SMILES string of the molecule is Cc1ccc2c(c1)C(=O)NCCN(C(=O)C1CC13CC3)CCCC(=O)NCCO2. The lowest BCUT2D eigenvalue weighted by Gasteiger charge is -2.23. The summed E-state index contributed by atoms with van der Waals surface area (Å²) in [6.45, 7) is 3.98. The molecular formula is C22H29N3O4. The van der Waals surface area contributed by atoms with Crippen LogP contribution in [-0.2, 0) is 9.59 Å². The molecule has 0 saturated heterocycles. The van der Waals surface area contributed by atoms with Gasteiger partial charge in [-0.05, 0) is 50.2 Å². The number of nitrogens with one attached hydrogen (secondary N) is 2. The second-order valence-electron chi connectivity index (χ2n) is 8.50. The molecule has 29 heavy (non-hydrogen) atoms. The number of ether oxygens (including phenoxy) is 1. The van der Waals surface area contributed by atoms with E-state index >= 15 is 0 Å². The molecule has 7 heteroatoms. The van der Waals surface area contributed by atoms with Gasteiger partial charge in [0.05, 0.1) is 12.1 Å². The van der Waals surface area contributed by atoms with E-state index < -0.39 is 0 Å². The molecule has 4 rings (SSSR count). The molecule has 3 aliphatic rings. The van der Waals surface area contributed by atoms with Crippen molar-refractivity contribution in [1.82, 2.24) is 15.5 Å². The van der Waals surface area contributed by atoms with Crippen LogP contribution in [0.15, 0.2) is 18.2 Å². The van der Waals surface area contributed by atoms with Crippen molar-refractivity contribution in [2.24, 2.45) is 11.3 Å². The molecule has 1 unspecified atom stereocenters. The van der Waals surface area contributed by atoms with E-state index in [1.807, 2.05) is 17.9 Å². The first-order valence-corrected chi connectivity index (χ1v) is 10.6. The Bertz CT molecular complexity index is 818. The van der Waals surface area contributed by atoms with Gasteiger partial charge in [-0.25, -0.2) is 0 Å². The van der Waals surface area contributed by atoms with E-state index in [0.29, 0.717) is 62.4 Å². The summed E-state index contributed by atoms with van der Waals surface area (Å²) in [5, 5.41) is 5.77. The Morgan fingerprint density at radius 1 is 1.17 bits per heavy atom. The molecule has 1 atom stereocenters. The molecule has 156 valence electrons. The molecule has 1 heterocycles. The normalized spacial score (nSPS) is 24.3. The fraction of sp³-hybridized carbons (Fsp3) is 0.591. The second-order valence-corrected chi connectivity index (χ2v) is 8.50. The number of hydrogen-bond acceptors (Lipinski definition) is 4. The molecule has 3 amide bonds. The third-order valence-electron chi connectivity index (χ3n) is 6.25. The molecule has 2 aliphatic carbocycles. The average Bonchev–Trinajstić information content (AvgIpc) is 3.62. The summed E-state index contributed by atoms with van der Waals surface area (Å²) in [7, 11) is 0. The smallest absolute Gasteiger partial charge is 0.255 e. The number of rotatable bonds is 1. The topological polar surface area (TPSA) is 87.7 Å². The predicted molar refractivity (Wildman–Crippen MR) is 108 cm³/mol. The van der Waals surface area contributed by atoms with Gasteiger partial charge in [-0.2, -0.15) is 0 Å². The number of carbonyl (C=O) groups is 3. The monoisotopic (exact) mass is 399 g/mol. The van der Waals surface area contributed by atoms with Crippen LogP contribution in [0.25, 0.3) is 0 Å². The predicted octanol–water partition coefficient (Wildman–Crippen LogP) is 1.64. The zero-order valence-corrected chi connectivity index (χ0v) is 17.0. The fourth-order valence-corrected chi connectivity index (χ4v) is 4.18. The molecule has 1 aliphatic heterocycles. The average molecular weight is 399 g/mol. The number of carbonyl (C=O) groups excluding carboxylic acids is 3. The van der Waals surface area contributed by atoms with Gasteiger partial charge in [0.25, 0.3) is 5.91 Å². The maximum Gasteiger partial charge on any atom is 0.255 e. The molecule has 2 saturated carbocycles. The Kier molecular flexibility index (Phi) is 5.48. The van der Waals surface area contributed by atoms with E-state index in [9.17, 15) is 14.4 Å². The highest BCUT2D eigenvalue weighted by Gasteiger charge is 2.66. The number of aryl methyl sites for hydroxylation is 1. The summed E-state index contributed by atoms with van der Waals surface area (Å²) in [5.74, 6) is 0.574. The Balaban J connectivity index is 1.46. The third-order valence-corrected chi connectivity index (χ3v) is 6.25. The molecule has 0 radical (unpaired) electrons. The summed E-state index contributed by atoms with van der Waals surface area (Å²) in [5.41, 5.74) is 1.74. The first kappa shape index (κ1) is 19.7. The lowest BCUT2D eigenvalue weighted by molar-refractivity contribution is -0.133. The second kappa shape index (κ2) is 8.05. The molecule has 0 aromatic heterocycles. The number of fused-ring (bicyclic) bond motifs is 1. The van der Waals surface area contributed by atoms with Crippen LogP contribution in [0.2, 0.25) is 0 Å². The standard InChI is InChI=1S/C22H29N3O4/c1-15-4-5-18-16(13-15)20(27)24-8-11-25(21(28)17-14-22(17)6-7-22)10-2-3-19(26)23-9-12-29-18/h4-5,13,17H,2-3,6-12,14H2,1H3,(H,23,26)(H,24,27). The minimum absolute atomic E-state index is 0.0423. The van der Waals surface area contributed by atoms with E-state index in [0.717, 1.165) is 24.8 Å². The van der Waals surface area contributed by atoms with Crippen LogP contribution in [0.5, 0.6) is 5.75 Å². The minimum atomic E-state index is -0.208. The van der Waals surface area contributed by atoms with Crippen molar-refractivity contribution < 1.29 is 19.1 Å². The zero-order chi connectivity index (χ0) is 20.4. The largest absolute Gasteiger partial charge is 0.491 e. The van der Waals surface area contributed by atoms with Crippen molar-refractivity contribution in [2.75, 3.05) is 32.8 Å². The molecule has 1 aromatic rings. The highest BCUT2D eigenvalue weighted by Crippen LogP contribution is 2.70. The van der Waals surface area contributed by atoms with E-state index in [4.69, 9.17) is 4.74 Å². The molecular weight excluding hydrogens is 370 g/mol. The number of amides is 3. The van der Waals surface area contributed by atoms with Gasteiger partial charge in [-0.15, -0.1) is 0 Å². The van der Waals surface area contributed by atoms with Gasteiger partial charge in [0, 0.05) is 32.0 Å². The van der Waals surface area contributed by atoms with Gasteiger partial charge in [-0.1, -0.05) is 11.6 Å². The van der Waals surface area contributed by atoms with Crippen LogP contribution < -0.4 is 15.4 Å². The molecule has 0 bridgehead atoms. The van der Waals surface area contributed by atoms with Crippen LogP contribution in [0.4, 0.5) is 0 Å². The number of hydrogen-bond donors (Lipinski definition) is 2. The van der Waals surface area contributed by atoms with Crippen LogP contribution in [0.3, 0.4) is 0 Å². The zero-order valence-electron chi connectivity index (χ0n) is 17.0. The van der Waals surface area contributed by atoms with Gasteiger partial charge in [0.2, 0.25) is 11.8 Å². The van der Waals surface area contributed by atoms with Gasteiger partial charge in [0.15, 0.2) is 0 Å². The molecule has 1 spiro atoms. The Morgan fingerprint density at radius 3 is 2.76 bits per heavy atom. The summed E-state index contributed by atoms with van der Waals surface area (Å²) in [4.78, 5) is 39.5. The molecule has 1 aromatic carbocycles. The van der Waals surface area contributed by atoms with E-state index in [1.54, 1.807) is 12.1 Å². The highest BCUT2D eigenvalue weighted by atomic mass is 16.5. The maximum atomic E-state index is 12.9. The number of benzene rings is 1. The van der Waals surface area contributed by atoms with Crippen LogP contribution in [0.1, 0.15) is 48.0 Å². The van der Waals surface area contributed by atoms with Crippen molar-refractivity contribution in [2.45, 2.75) is 39.0 Å². The Morgan fingerprint density at radius 2 is 2.00 bits per heavy atom. The van der Waals surface area contributed by atoms with Crippen LogP contribution in [0, 0.1) is 18.3 Å². The summed E-state index contributed by atoms with van der Waals surface area (Å²) >= 11 is 0. The van der Waals surface area contributed by atoms with E-state index in [-0.39, 0.29) is 23.6 Å². The van der Waals surface area contributed by atoms with Crippen molar-refractivity contribution in [3.05, 3.63) is 29.3 Å². The summed E-state index contributed by atoms with van der Waals surface area (Å²) in [6, 6.07) is 5.47. The van der Waals surface area contributed by atoms with Gasteiger partial charge >= 0.3 is 0 Å². The fourth-order valence-electron chi connectivity index (χ4n) is 4.18. The minimum Gasteiger partial charge on any atom is -0.491 e. The van der Waals surface area contributed by atoms with Gasteiger partial charge in [-0.3, -0.25) is 14.4 Å². The molecule has 2 N–H and O–H groups in total.